The van der Waals surface area contributed by atoms with Crippen LogP contribution in [-0.4, -0.2) is 6.04 Å². The predicted octanol–water partition coefficient (Wildman–Crippen LogP) is 6.52. The molecule has 0 fully saturated rings. The zero-order valence-electron chi connectivity index (χ0n) is 14.3. The summed E-state index contributed by atoms with van der Waals surface area (Å²) in [6.45, 7) is 11.1. The summed E-state index contributed by atoms with van der Waals surface area (Å²) < 4.78 is 0. The van der Waals surface area contributed by atoms with Crippen molar-refractivity contribution in [2.24, 2.45) is 0 Å². The Labute approximate surface area is 140 Å². The lowest BCUT2D eigenvalue weighted by Gasteiger charge is -2.32. The highest BCUT2D eigenvalue weighted by molar-refractivity contribution is 6.30. The molecule has 0 heterocycles. The first-order valence-corrected chi connectivity index (χ1v) is 8.44. The van der Waals surface area contributed by atoms with Gasteiger partial charge in [-0.05, 0) is 82.0 Å². The van der Waals surface area contributed by atoms with Crippen molar-refractivity contribution in [2.75, 3.05) is 4.90 Å². The van der Waals surface area contributed by atoms with Crippen LogP contribution in [0, 0.1) is 0 Å². The Morgan fingerprint density at radius 2 is 1.77 bits per heavy atom. The van der Waals surface area contributed by atoms with Crippen LogP contribution in [0.25, 0.3) is 0 Å². The number of nitrogens with zero attached hydrogens (tertiary/aromatic N) is 1. The maximum absolute atomic E-state index is 6.05. The molecule has 0 aromatic heterocycles. The predicted molar refractivity (Wildman–Crippen MR) is 98.5 cm³/mol. The van der Waals surface area contributed by atoms with Gasteiger partial charge in [-0.25, -0.2) is 0 Å². The van der Waals surface area contributed by atoms with Crippen LogP contribution in [0.3, 0.4) is 0 Å². The van der Waals surface area contributed by atoms with E-state index in [9.17, 15) is 0 Å². The monoisotopic (exact) mass is 315 g/mol. The zero-order valence-corrected chi connectivity index (χ0v) is 15.0. The molecule has 0 bridgehead atoms. The van der Waals surface area contributed by atoms with Crippen LogP contribution in [0.1, 0.15) is 47.5 Å². The standard InChI is InChI=1S/C20H26ClN/c1-6-17-8-7-15(4)16(5)20(13-17)22(14(2)3)19-11-9-18(21)10-12-19/h7,9-14H,6,8H2,1-5H3. The van der Waals surface area contributed by atoms with E-state index in [1.54, 1.807) is 0 Å². The van der Waals surface area contributed by atoms with E-state index in [2.05, 4.69) is 63.8 Å². The third kappa shape index (κ3) is 3.64. The number of rotatable bonds is 4. The minimum atomic E-state index is 0.381. The Morgan fingerprint density at radius 1 is 1.14 bits per heavy atom. The van der Waals surface area contributed by atoms with Gasteiger partial charge in [0, 0.05) is 22.4 Å². The van der Waals surface area contributed by atoms with Crippen molar-refractivity contribution >= 4 is 17.3 Å². The van der Waals surface area contributed by atoms with Gasteiger partial charge in [0.25, 0.3) is 0 Å². The molecule has 22 heavy (non-hydrogen) atoms. The average molecular weight is 316 g/mol. The van der Waals surface area contributed by atoms with Crippen LogP contribution in [0.5, 0.6) is 0 Å². The second-order valence-electron chi connectivity index (χ2n) is 6.20. The lowest BCUT2D eigenvalue weighted by molar-refractivity contribution is 0.758. The first-order chi connectivity index (χ1) is 10.4. The van der Waals surface area contributed by atoms with Gasteiger partial charge in [0.1, 0.15) is 0 Å². The van der Waals surface area contributed by atoms with Crippen LogP contribution < -0.4 is 4.90 Å². The highest BCUT2D eigenvalue weighted by atomic mass is 35.5. The van der Waals surface area contributed by atoms with E-state index in [0.717, 1.165) is 17.9 Å². The highest BCUT2D eigenvalue weighted by Gasteiger charge is 2.19. The lowest BCUT2D eigenvalue weighted by atomic mass is 10.0. The summed E-state index contributed by atoms with van der Waals surface area (Å²) in [7, 11) is 0. The maximum Gasteiger partial charge on any atom is 0.0445 e. The fourth-order valence-electron chi connectivity index (χ4n) is 2.81. The van der Waals surface area contributed by atoms with Crippen LogP contribution in [0.2, 0.25) is 5.02 Å². The largest absolute Gasteiger partial charge is 0.339 e. The summed E-state index contributed by atoms with van der Waals surface area (Å²) in [5.74, 6) is 0. The molecule has 0 saturated heterocycles. The number of benzene rings is 1. The number of allylic oxidation sites excluding steroid dienone is 5. The van der Waals surface area contributed by atoms with Crippen LogP contribution in [-0.2, 0) is 0 Å². The van der Waals surface area contributed by atoms with Crippen LogP contribution in [0.15, 0.2) is 58.8 Å². The molecule has 1 aromatic rings. The van der Waals surface area contributed by atoms with Crippen molar-refractivity contribution in [3.05, 3.63) is 63.9 Å². The molecule has 0 N–H and O–H groups in total. The van der Waals surface area contributed by atoms with E-state index in [4.69, 9.17) is 11.6 Å². The lowest BCUT2D eigenvalue weighted by Crippen LogP contribution is -2.30. The third-order valence-electron chi connectivity index (χ3n) is 4.32. The summed E-state index contributed by atoms with van der Waals surface area (Å²) in [6.07, 6.45) is 6.86. The van der Waals surface area contributed by atoms with Gasteiger partial charge in [0.05, 0.1) is 0 Å². The Kier molecular flexibility index (Phi) is 5.52. The van der Waals surface area contributed by atoms with E-state index in [1.165, 1.54) is 28.1 Å². The molecule has 0 atom stereocenters. The highest BCUT2D eigenvalue weighted by Crippen LogP contribution is 2.32. The minimum Gasteiger partial charge on any atom is -0.339 e. The van der Waals surface area contributed by atoms with E-state index in [1.807, 2.05) is 12.1 Å². The maximum atomic E-state index is 6.05. The Hall–Kier alpha value is -1.47. The fraction of sp³-hybridized carbons (Fsp3) is 0.400. The Balaban J connectivity index is 2.57. The average Bonchev–Trinajstić information content (AvgIpc) is 2.63. The van der Waals surface area contributed by atoms with Gasteiger partial charge in [-0.1, -0.05) is 30.2 Å². The number of hydrogen-bond donors (Lipinski definition) is 0. The first-order valence-electron chi connectivity index (χ1n) is 8.06. The van der Waals surface area contributed by atoms with Gasteiger partial charge >= 0.3 is 0 Å². The number of anilines is 1. The smallest absolute Gasteiger partial charge is 0.0445 e. The molecule has 0 saturated carbocycles. The normalized spacial score (nSPS) is 15.6. The van der Waals surface area contributed by atoms with Gasteiger partial charge in [-0.15, -0.1) is 0 Å². The van der Waals surface area contributed by atoms with E-state index in [0.29, 0.717) is 6.04 Å². The molecule has 1 nitrogen and oxygen atoms in total. The molecule has 1 aliphatic carbocycles. The molecule has 0 amide bonds. The van der Waals surface area contributed by atoms with Gasteiger partial charge in [-0.2, -0.15) is 0 Å². The second kappa shape index (κ2) is 7.19. The summed E-state index contributed by atoms with van der Waals surface area (Å²) in [6, 6.07) is 8.52. The minimum absolute atomic E-state index is 0.381. The zero-order chi connectivity index (χ0) is 16.3. The van der Waals surface area contributed by atoms with Crippen molar-refractivity contribution < 1.29 is 0 Å². The molecule has 0 unspecified atom stereocenters. The van der Waals surface area contributed by atoms with Crippen molar-refractivity contribution in [1.29, 1.82) is 0 Å². The topological polar surface area (TPSA) is 3.24 Å². The SMILES string of the molecule is CCC1=CC(N(c2ccc(Cl)cc2)C(C)C)=C(C)C(C)=CC1. The van der Waals surface area contributed by atoms with Crippen LogP contribution in [0.4, 0.5) is 5.69 Å². The summed E-state index contributed by atoms with van der Waals surface area (Å²) in [5.41, 5.74) is 6.70. The van der Waals surface area contributed by atoms with Crippen molar-refractivity contribution in [3.63, 3.8) is 0 Å². The van der Waals surface area contributed by atoms with Gasteiger partial charge in [0.2, 0.25) is 0 Å². The molecule has 0 radical (unpaired) electrons. The third-order valence-corrected chi connectivity index (χ3v) is 4.57. The summed E-state index contributed by atoms with van der Waals surface area (Å²) in [5, 5.41) is 0.778. The quantitative estimate of drug-likeness (QED) is 0.611. The molecule has 2 heteroatoms. The van der Waals surface area contributed by atoms with Crippen molar-refractivity contribution in [1.82, 2.24) is 0 Å². The molecular weight excluding hydrogens is 290 g/mol. The second-order valence-corrected chi connectivity index (χ2v) is 6.63. The fourth-order valence-corrected chi connectivity index (χ4v) is 2.94. The van der Waals surface area contributed by atoms with Crippen LogP contribution >= 0.6 is 11.6 Å². The van der Waals surface area contributed by atoms with E-state index >= 15 is 0 Å². The first kappa shape index (κ1) is 16.9. The summed E-state index contributed by atoms with van der Waals surface area (Å²) >= 11 is 6.05. The van der Waals surface area contributed by atoms with Crippen molar-refractivity contribution in [2.45, 2.75) is 53.5 Å². The van der Waals surface area contributed by atoms with Gasteiger partial charge in [0.15, 0.2) is 0 Å². The molecule has 118 valence electrons. The molecule has 0 spiro atoms. The Bertz CT molecular complexity index is 618. The van der Waals surface area contributed by atoms with Crippen molar-refractivity contribution in [3.8, 4) is 0 Å². The molecular formula is C20H26ClN. The molecule has 2 rings (SSSR count). The molecule has 0 aliphatic heterocycles. The van der Waals surface area contributed by atoms with Gasteiger partial charge in [-0.3, -0.25) is 0 Å². The number of halogens is 1. The van der Waals surface area contributed by atoms with E-state index < -0.39 is 0 Å². The van der Waals surface area contributed by atoms with E-state index in [-0.39, 0.29) is 0 Å². The summed E-state index contributed by atoms with van der Waals surface area (Å²) in [4.78, 5) is 2.41. The Morgan fingerprint density at radius 3 is 2.32 bits per heavy atom. The molecule has 1 aliphatic rings. The van der Waals surface area contributed by atoms with Gasteiger partial charge < -0.3 is 4.90 Å². The number of hydrogen-bond acceptors (Lipinski definition) is 1. The molecule has 1 aromatic carbocycles.